The van der Waals surface area contributed by atoms with Gasteiger partial charge in [-0.1, -0.05) is 101 Å². The molecule has 0 amide bonds. The lowest BCUT2D eigenvalue weighted by atomic mass is 10.0. The van der Waals surface area contributed by atoms with Gasteiger partial charge in [0.25, 0.3) is 0 Å². The molecule has 0 heterocycles. The highest BCUT2D eigenvalue weighted by Gasteiger charge is 2.09. The summed E-state index contributed by atoms with van der Waals surface area (Å²) < 4.78 is 10.8. The summed E-state index contributed by atoms with van der Waals surface area (Å²) in [6, 6.07) is 23.3. The molecule has 0 unspecified atom stereocenters. The van der Waals surface area contributed by atoms with Crippen molar-refractivity contribution in [2.75, 3.05) is 7.11 Å². The molecular formula is C32H40O3. The van der Waals surface area contributed by atoms with Crippen LogP contribution in [-0.2, 0) is 6.42 Å². The fourth-order valence-electron chi connectivity index (χ4n) is 4.29. The van der Waals surface area contributed by atoms with E-state index in [1.165, 1.54) is 69.8 Å². The molecule has 0 atom stereocenters. The van der Waals surface area contributed by atoms with Crippen LogP contribution in [0.25, 0.3) is 11.1 Å². The molecule has 3 aromatic rings. The molecule has 3 rings (SSSR count). The Morgan fingerprint density at radius 1 is 0.600 bits per heavy atom. The van der Waals surface area contributed by atoms with Crippen molar-refractivity contribution in [2.45, 2.75) is 77.6 Å². The second-order valence-corrected chi connectivity index (χ2v) is 9.27. The van der Waals surface area contributed by atoms with Crippen LogP contribution in [0.1, 0.15) is 87.1 Å². The molecule has 0 aromatic heterocycles. The van der Waals surface area contributed by atoms with E-state index < -0.39 is 0 Å². The highest BCUT2D eigenvalue weighted by molar-refractivity contribution is 5.91. The van der Waals surface area contributed by atoms with E-state index in [4.69, 9.17) is 9.47 Å². The Morgan fingerprint density at radius 3 is 1.60 bits per heavy atom. The van der Waals surface area contributed by atoms with Gasteiger partial charge >= 0.3 is 5.97 Å². The molecule has 0 saturated carbocycles. The summed E-state index contributed by atoms with van der Waals surface area (Å²) in [5, 5.41) is 0. The van der Waals surface area contributed by atoms with E-state index in [1.807, 2.05) is 60.7 Å². The summed E-state index contributed by atoms with van der Waals surface area (Å²) >= 11 is 0. The number of carbonyl (C=O) groups is 1. The maximum atomic E-state index is 12.6. The quantitative estimate of drug-likeness (QED) is 0.126. The van der Waals surface area contributed by atoms with Crippen LogP contribution in [0.3, 0.4) is 0 Å². The number of methoxy groups -OCH3 is 1. The van der Waals surface area contributed by atoms with E-state index >= 15 is 0 Å². The number of ether oxygens (including phenoxy) is 2. The van der Waals surface area contributed by atoms with Crippen LogP contribution in [0.4, 0.5) is 0 Å². The van der Waals surface area contributed by atoms with Crippen molar-refractivity contribution in [3.05, 3.63) is 83.9 Å². The van der Waals surface area contributed by atoms with Crippen molar-refractivity contribution in [1.82, 2.24) is 0 Å². The number of aryl methyl sites for hydroxylation is 1. The van der Waals surface area contributed by atoms with Crippen LogP contribution in [0.5, 0.6) is 11.5 Å². The zero-order valence-corrected chi connectivity index (χ0v) is 21.4. The fraction of sp³-hybridized carbons (Fsp3) is 0.406. The van der Waals surface area contributed by atoms with Gasteiger partial charge in [-0.25, -0.2) is 4.79 Å². The highest BCUT2D eigenvalue weighted by Crippen LogP contribution is 2.25. The van der Waals surface area contributed by atoms with E-state index in [2.05, 4.69) is 19.1 Å². The lowest BCUT2D eigenvalue weighted by Gasteiger charge is -2.08. The smallest absolute Gasteiger partial charge is 0.343 e. The lowest BCUT2D eigenvalue weighted by Crippen LogP contribution is -2.08. The van der Waals surface area contributed by atoms with E-state index in [1.54, 1.807) is 7.11 Å². The first-order valence-corrected chi connectivity index (χ1v) is 13.2. The third kappa shape index (κ3) is 9.24. The molecule has 0 aliphatic carbocycles. The topological polar surface area (TPSA) is 35.5 Å². The molecule has 0 aliphatic heterocycles. The average molecular weight is 473 g/mol. The summed E-state index contributed by atoms with van der Waals surface area (Å²) in [6.07, 6.45) is 14.5. The number of hydrogen-bond acceptors (Lipinski definition) is 3. The predicted molar refractivity (Wildman–Crippen MR) is 145 cm³/mol. The van der Waals surface area contributed by atoms with Gasteiger partial charge in [-0.3, -0.25) is 0 Å². The van der Waals surface area contributed by atoms with Gasteiger partial charge < -0.3 is 9.47 Å². The summed E-state index contributed by atoms with van der Waals surface area (Å²) in [6.45, 7) is 2.27. The zero-order valence-electron chi connectivity index (χ0n) is 21.4. The highest BCUT2D eigenvalue weighted by atomic mass is 16.5. The summed E-state index contributed by atoms with van der Waals surface area (Å²) in [5.74, 6) is 1.04. The molecule has 0 fully saturated rings. The third-order valence-electron chi connectivity index (χ3n) is 6.50. The van der Waals surface area contributed by atoms with Crippen LogP contribution in [-0.4, -0.2) is 13.1 Å². The monoisotopic (exact) mass is 472 g/mol. The molecule has 186 valence electrons. The van der Waals surface area contributed by atoms with Gasteiger partial charge in [-0.15, -0.1) is 0 Å². The first-order valence-electron chi connectivity index (χ1n) is 13.2. The van der Waals surface area contributed by atoms with Gasteiger partial charge in [0.05, 0.1) is 12.7 Å². The fourth-order valence-corrected chi connectivity index (χ4v) is 4.29. The van der Waals surface area contributed by atoms with Crippen LogP contribution >= 0.6 is 0 Å². The molecule has 3 nitrogen and oxygen atoms in total. The molecule has 0 bridgehead atoms. The Labute approximate surface area is 211 Å². The molecule has 35 heavy (non-hydrogen) atoms. The van der Waals surface area contributed by atoms with Crippen LogP contribution in [0.15, 0.2) is 72.8 Å². The summed E-state index contributed by atoms with van der Waals surface area (Å²) in [4.78, 5) is 12.6. The molecule has 0 aliphatic rings. The number of benzene rings is 3. The maximum Gasteiger partial charge on any atom is 0.343 e. The number of carbonyl (C=O) groups excluding carboxylic acids is 1. The molecule has 0 N–H and O–H groups in total. The second kappa shape index (κ2) is 15.0. The number of rotatable bonds is 15. The minimum absolute atomic E-state index is 0.326. The predicted octanol–water partition coefficient (Wildman–Crippen LogP) is 9.04. The Morgan fingerprint density at radius 2 is 1.09 bits per heavy atom. The Kier molecular flexibility index (Phi) is 11.4. The maximum absolute atomic E-state index is 12.6. The molecule has 3 heteroatoms. The summed E-state index contributed by atoms with van der Waals surface area (Å²) in [5.41, 5.74) is 4.01. The molecule has 0 spiro atoms. The zero-order chi connectivity index (χ0) is 24.7. The van der Waals surface area contributed by atoms with Gasteiger partial charge in [-0.05, 0) is 65.9 Å². The van der Waals surface area contributed by atoms with E-state index in [-0.39, 0.29) is 5.97 Å². The van der Waals surface area contributed by atoms with Crippen molar-refractivity contribution in [1.29, 1.82) is 0 Å². The number of hydrogen-bond donors (Lipinski definition) is 0. The van der Waals surface area contributed by atoms with E-state index in [0.29, 0.717) is 11.3 Å². The van der Waals surface area contributed by atoms with Gasteiger partial charge in [0.2, 0.25) is 0 Å². The summed E-state index contributed by atoms with van der Waals surface area (Å²) in [7, 11) is 1.66. The van der Waals surface area contributed by atoms with Crippen molar-refractivity contribution < 1.29 is 14.3 Å². The van der Waals surface area contributed by atoms with Crippen molar-refractivity contribution in [2.24, 2.45) is 0 Å². The first-order chi connectivity index (χ1) is 17.2. The van der Waals surface area contributed by atoms with Crippen molar-refractivity contribution >= 4 is 5.97 Å². The van der Waals surface area contributed by atoms with Crippen molar-refractivity contribution in [3.8, 4) is 22.6 Å². The standard InChI is InChI=1S/C32H40O3/c1-3-4-5-6-7-8-9-10-11-12-13-26-14-16-29(17-15-26)32(33)35-31-24-20-28(21-25-31)27-18-22-30(34-2)23-19-27/h14-25H,3-13H2,1-2H3. The van der Waals surface area contributed by atoms with Crippen LogP contribution < -0.4 is 9.47 Å². The van der Waals surface area contributed by atoms with Gasteiger partial charge in [0.1, 0.15) is 11.5 Å². The minimum Gasteiger partial charge on any atom is -0.497 e. The molecule has 0 radical (unpaired) electrons. The molecular weight excluding hydrogens is 432 g/mol. The SMILES string of the molecule is CCCCCCCCCCCCc1ccc(C(=O)Oc2ccc(-c3ccc(OC)cc3)cc2)cc1. The number of unbranched alkanes of at least 4 members (excludes halogenated alkanes) is 9. The van der Waals surface area contributed by atoms with Crippen molar-refractivity contribution in [3.63, 3.8) is 0 Å². The first kappa shape index (κ1) is 26.5. The largest absolute Gasteiger partial charge is 0.497 e. The third-order valence-corrected chi connectivity index (χ3v) is 6.50. The van der Waals surface area contributed by atoms with E-state index in [9.17, 15) is 4.79 Å². The molecule has 0 saturated heterocycles. The van der Waals surface area contributed by atoms with Crippen LogP contribution in [0.2, 0.25) is 0 Å². The minimum atomic E-state index is -0.326. The Bertz CT molecular complexity index is 988. The Hall–Kier alpha value is -3.07. The van der Waals surface area contributed by atoms with Gasteiger partial charge in [-0.2, -0.15) is 0 Å². The second-order valence-electron chi connectivity index (χ2n) is 9.27. The lowest BCUT2D eigenvalue weighted by molar-refractivity contribution is 0.0735. The Balaban J connectivity index is 1.37. The normalized spacial score (nSPS) is 10.8. The average Bonchev–Trinajstić information content (AvgIpc) is 2.90. The van der Waals surface area contributed by atoms with Gasteiger partial charge in [0, 0.05) is 0 Å². The number of esters is 1. The molecule has 3 aromatic carbocycles. The van der Waals surface area contributed by atoms with Gasteiger partial charge in [0.15, 0.2) is 0 Å². The van der Waals surface area contributed by atoms with Crippen LogP contribution in [0, 0.1) is 0 Å². The van der Waals surface area contributed by atoms with E-state index in [0.717, 1.165) is 23.3 Å².